The molecule has 0 saturated carbocycles. The molecule has 0 radical (unpaired) electrons. The van der Waals surface area contributed by atoms with Gasteiger partial charge >= 0.3 is 5.97 Å². The van der Waals surface area contributed by atoms with Gasteiger partial charge in [-0.25, -0.2) is 0 Å². The quantitative estimate of drug-likeness (QED) is 0.747. The lowest BCUT2D eigenvalue weighted by Crippen LogP contribution is -2.28. The van der Waals surface area contributed by atoms with Crippen LogP contribution >= 0.6 is 11.3 Å². The van der Waals surface area contributed by atoms with Crippen molar-refractivity contribution >= 4 is 28.9 Å². The molecular formula is C18H22N2O3S. The number of aryl methyl sites for hydroxylation is 1. The number of ether oxygens (including phenoxy) is 1. The van der Waals surface area contributed by atoms with E-state index in [1.807, 2.05) is 60.8 Å². The molecule has 1 amide bonds. The van der Waals surface area contributed by atoms with Crippen LogP contribution in [0.15, 0.2) is 41.8 Å². The molecule has 6 heteroatoms. The Morgan fingerprint density at radius 3 is 2.54 bits per heavy atom. The number of benzene rings is 1. The van der Waals surface area contributed by atoms with E-state index in [9.17, 15) is 9.59 Å². The molecule has 5 nitrogen and oxygen atoms in total. The number of nitrogens with zero attached hydrogens (tertiary/aromatic N) is 1. The summed E-state index contributed by atoms with van der Waals surface area (Å²) in [4.78, 5) is 26.5. The van der Waals surface area contributed by atoms with Crippen LogP contribution in [0.3, 0.4) is 0 Å². The van der Waals surface area contributed by atoms with E-state index in [0.29, 0.717) is 19.4 Å². The van der Waals surface area contributed by atoms with E-state index in [-0.39, 0.29) is 18.5 Å². The predicted molar refractivity (Wildman–Crippen MR) is 96.2 cm³/mol. The Balaban J connectivity index is 1.64. The first-order chi connectivity index (χ1) is 11.5. The summed E-state index contributed by atoms with van der Waals surface area (Å²) in [6, 6.07) is 11.8. The highest BCUT2D eigenvalue weighted by Crippen LogP contribution is 2.12. The molecule has 1 aromatic carbocycles. The molecule has 2 rings (SSSR count). The van der Waals surface area contributed by atoms with E-state index in [2.05, 4.69) is 5.32 Å². The first kappa shape index (κ1) is 18.0. The number of thiophene rings is 1. The minimum atomic E-state index is -0.353. The van der Waals surface area contributed by atoms with Crippen LogP contribution in [0.1, 0.15) is 16.9 Å². The Morgan fingerprint density at radius 1 is 1.17 bits per heavy atom. The smallest absolute Gasteiger partial charge is 0.306 e. The summed E-state index contributed by atoms with van der Waals surface area (Å²) in [7, 11) is 3.95. The van der Waals surface area contributed by atoms with Crippen molar-refractivity contribution in [1.29, 1.82) is 0 Å². The standard InChI is InChI=1S/C18H22N2O3S/c1-20(2)15-7-5-14(6-8-15)12-19-17(21)13-23-18(22)10-9-16-4-3-11-24-16/h3-8,11H,9-10,12-13H2,1-2H3,(H,19,21). The number of amides is 1. The predicted octanol–water partition coefficient (Wildman–Crippen LogP) is 2.61. The average Bonchev–Trinajstić information content (AvgIpc) is 3.10. The van der Waals surface area contributed by atoms with Gasteiger partial charge in [0.25, 0.3) is 5.91 Å². The van der Waals surface area contributed by atoms with E-state index >= 15 is 0 Å². The fraction of sp³-hybridized carbons (Fsp3) is 0.333. The average molecular weight is 346 g/mol. The van der Waals surface area contributed by atoms with Crippen molar-refractivity contribution in [2.24, 2.45) is 0 Å². The first-order valence-electron chi connectivity index (χ1n) is 7.75. The SMILES string of the molecule is CN(C)c1ccc(CNC(=O)COC(=O)CCc2cccs2)cc1. The molecule has 0 fully saturated rings. The van der Waals surface area contributed by atoms with Crippen LogP contribution in [0.25, 0.3) is 0 Å². The number of hydrogen-bond donors (Lipinski definition) is 1. The van der Waals surface area contributed by atoms with Crippen molar-refractivity contribution in [1.82, 2.24) is 5.32 Å². The lowest BCUT2D eigenvalue weighted by atomic mass is 10.2. The number of carbonyl (C=O) groups is 2. The van der Waals surface area contributed by atoms with Gasteiger partial charge in [0.15, 0.2) is 6.61 Å². The van der Waals surface area contributed by atoms with E-state index in [1.165, 1.54) is 0 Å². The van der Waals surface area contributed by atoms with E-state index in [1.54, 1.807) is 11.3 Å². The van der Waals surface area contributed by atoms with Crippen molar-refractivity contribution in [2.75, 3.05) is 25.6 Å². The van der Waals surface area contributed by atoms with Gasteiger partial charge in [-0.2, -0.15) is 0 Å². The number of hydrogen-bond acceptors (Lipinski definition) is 5. The zero-order chi connectivity index (χ0) is 17.4. The summed E-state index contributed by atoms with van der Waals surface area (Å²) in [5.74, 6) is -0.648. The first-order valence-corrected chi connectivity index (χ1v) is 8.63. The van der Waals surface area contributed by atoms with E-state index < -0.39 is 0 Å². The zero-order valence-electron chi connectivity index (χ0n) is 14.0. The summed E-state index contributed by atoms with van der Waals surface area (Å²) in [6.07, 6.45) is 0.941. The third-order valence-electron chi connectivity index (χ3n) is 3.46. The van der Waals surface area contributed by atoms with E-state index in [0.717, 1.165) is 16.1 Å². The van der Waals surface area contributed by atoms with Gasteiger partial charge in [0, 0.05) is 31.2 Å². The maximum Gasteiger partial charge on any atom is 0.306 e. The second kappa shape index (κ2) is 9.08. The van der Waals surface area contributed by atoms with Crippen LogP contribution in [-0.2, 0) is 27.3 Å². The molecule has 0 saturated heterocycles. The summed E-state index contributed by atoms with van der Waals surface area (Å²) < 4.78 is 4.99. The van der Waals surface area contributed by atoms with Crippen molar-refractivity contribution < 1.29 is 14.3 Å². The number of rotatable bonds is 8. The molecule has 2 aromatic rings. The normalized spacial score (nSPS) is 10.2. The summed E-state index contributed by atoms with van der Waals surface area (Å²) in [6.45, 7) is 0.179. The zero-order valence-corrected chi connectivity index (χ0v) is 14.8. The van der Waals surface area contributed by atoms with Crippen LogP contribution in [0.4, 0.5) is 5.69 Å². The van der Waals surface area contributed by atoms with Crippen LogP contribution in [0.2, 0.25) is 0 Å². The molecule has 0 bridgehead atoms. The Kier molecular flexibility index (Phi) is 6.81. The molecule has 128 valence electrons. The Labute approximate surface area is 146 Å². The van der Waals surface area contributed by atoms with Gasteiger partial charge in [0.1, 0.15) is 0 Å². The second-order valence-corrected chi connectivity index (χ2v) is 6.61. The highest BCUT2D eigenvalue weighted by Gasteiger charge is 2.08. The molecule has 0 atom stereocenters. The molecule has 0 aliphatic carbocycles. The maximum atomic E-state index is 11.7. The minimum absolute atomic E-state index is 0.237. The number of nitrogens with one attached hydrogen (secondary N) is 1. The van der Waals surface area contributed by atoms with Crippen molar-refractivity contribution in [3.8, 4) is 0 Å². The van der Waals surface area contributed by atoms with Crippen LogP contribution in [0.5, 0.6) is 0 Å². The molecule has 1 heterocycles. The molecule has 0 spiro atoms. The van der Waals surface area contributed by atoms with Gasteiger partial charge < -0.3 is 15.0 Å². The van der Waals surface area contributed by atoms with Crippen molar-refractivity contribution in [3.05, 3.63) is 52.2 Å². The Bertz CT molecular complexity index is 651. The highest BCUT2D eigenvalue weighted by molar-refractivity contribution is 7.09. The summed E-state index contributed by atoms with van der Waals surface area (Å²) >= 11 is 1.61. The van der Waals surface area contributed by atoms with Crippen LogP contribution in [-0.4, -0.2) is 32.6 Å². The lowest BCUT2D eigenvalue weighted by Gasteiger charge is -2.13. The molecule has 0 aliphatic rings. The minimum Gasteiger partial charge on any atom is -0.456 e. The Morgan fingerprint density at radius 2 is 1.92 bits per heavy atom. The summed E-state index contributed by atoms with van der Waals surface area (Å²) in [5.41, 5.74) is 2.10. The molecule has 1 N–H and O–H groups in total. The second-order valence-electron chi connectivity index (χ2n) is 5.58. The van der Waals surface area contributed by atoms with Crippen molar-refractivity contribution in [3.63, 3.8) is 0 Å². The van der Waals surface area contributed by atoms with Gasteiger partial charge in [-0.1, -0.05) is 18.2 Å². The molecular weight excluding hydrogens is 324 g/mol. The van der Waals surface area contributed by atoms with Gasteiger partial charge in [-0.05, 0) is 35.6 Å². The number of carbonyl (C=O) groups excluding carboxylic acids is 2. The molecule has 0 aliphatic heterocycles. The molecule has 0 unspecified atom stereocenters. The van der Waals surface area contributed by atoms with Crippen molar-refractivity contribution in [2.45, 2.75) is 19.4 Å². The van der Waals surface area contributed by atoms with Gasteiger partial charge in [-0.3, -0.25) is 9.59 Å². The van der Waals surface area contributed by atoms with E-state index in [4.69, 9.17) is 4.74 Å². The molecule has 24 heavy (non-hydrogen) atoms. The molecule has 1 aromatic heterocycles. The van der Waals surface area contributed by atoms with Gasteiger partial charge in [0.05, 0.1) is 6.42 Å². The fourth-order valence-electron chi connectivity index (χ4n) is 2.06. The lowest BCUT2D eigenvalue weighted by molar-refractivity contribution is -0.148. The summed E-state index contributed by atoms with van der Waals surface area (Å²) in [5, 5.41) is 4.72. The van der Waals surface area contributed by atoms with Crippen LogP contribution in [0, 0.1) is 0 Å². The highest BCUT2D eigenvalue weighted by atomic mass is 32.1. The third-order valence-corrected chi connectivity index (χ3v) is 4.40. The number of anilines is 1. The number of esters is 1. The monoisotopic (exact) mass is 346 g/mol. The van der Waals surface area contributed by atoms with Gasteiger partial charge in [-0.15, -0.1) is 11.3 Å². The maximum absolute atomic E-state index is 11.7. The topological polar surface area (TPSA) is 58.6 Å². The van der Waals surface area contributed by atoms with Gasteiger partial charge in [0.2, 0.25) is 0 Å². The fourth-order valence-corrected chi connectivity index (χ4v) is 2.77. The Hall–Kier alpha value is -2.34. The largest absolute Gasteiger partial charge is 0.456 e. The third kappa shape index (κ3) is 6.04. The van der Waals surface area contributed by atoms with Crippen LogP contribution < -0.4 is 10.2 Å².